The Morgan fingerprint density at radius 3 is 2.48 bits per heavy atom. The van der Waals surface area contributed by atoms with E-state index in [1.807, 2.05) is 0 Å². The van der Waals surface area contributed by atoms with Crippen molar-refractivity contribution in [3.05, 3.63) is 0 Å². The van der Waals surface area contributed by atoms with Gasteiger partial charge < -0.3 is 14.2 Å². The lowest BCUT2D eigenvalue weighted by atomic mass is 9.53. The van der Waals surface area contributed by atoms with E-state index in [4.69, 9.17) is 14.2 Å². The maximum atomic E-state index is 13.4. The Morgan fingerprint density at radius 2 is 1.89 bits per heavy atom. The van der Waals surface area contributed by atoms with E-state index in [0.29, 0.717) is 32.1 Å². The number of hydrogen-bond donors (Lipinski definition) is 0. The molecule has 6 fully saturated rings. The molecule has 2 heterocycles. The molecule has 2 aliphatic heterocycles. The predicted molar refractivity (Wildman–Crippen MR) is 95.4 cm³/mol. The predicted octanol–water partition coefficient (Wildman–Crippen LogP) is 3.21. The average Bonchev–Trinajstić information content (AvgIpc) is 3.09. The van der Waals surface area contributed by atoms with Gasteiger partial charge in [0, 0.05) is 14.0 Å². The van der Waals surface area contributed by atoms with Crippen LogP contribution in [0.15, 0.2) is 0 Å². The molecule has 0 N–H and O–H groups in total. The normalized spacial score (nSPS) is 50.1. The van der Waals surface area contributed by atoms with Crippen LogP contribution in [0.1, 0.15) is 39.0 Å². The number of thioether (sulfide) groups is 2. The molecule has 0 amide bonds. The molecule has 0 aromatic carbocycles. The molecule has 4 bridgehead atoms. The molecule has 4 aliphatic carbocycles. The van der Waals surface area contributed by atoms with Gasteiger partial charge in [-0.25, -0.2) is 4.79 Å². The lowest BCUT2D eigenvalue weighted by Crippen LogP contribution is -2.62. The second-order valence-corrected chi connectivity index (χ2v) is 11.8. The van der Waals surface area contributed by atoms with E-state index in [9.17, 15) is 18.4 Å². The number of carbonyl (C=O) groups excluding carboxylic acids is 2. The maximum Gasteiger partial charge on any atom is 0.377 e. The van der Waals surface area contributed by atoms with Crippen LogP contribution in [0.2, 0.25) is 0 Å². The third-order valence-electron chi connectivity index (χ3n) is 6.83. The number of esters is 2. The Bertz CT molecular complexity index is 680. The van der Waals surface area contributed by atoms with Crippen molar-refractivity contribution in [3.63, 3.8) is 0 Å². The van der Waals surface area contributed by atoms with Gasteiger partial charge in [0.25, 0.3) is 0 Å². The maximum absolute atomic E-state index is 13.4. The third kappa shape index (κ3) is 2.60. The number of fused-ring (bicyclic) bond motifs is 1. The highest BCUT2D eigenvalue weighted by Gasteiger charge is 2.70. The smallest absolute Gasteiger partial charge is 0.377 e. The number of carbonyl (C=O) groups is 2. The number of methoxy groups -OCH3 is 1. The van der Waals surface area contributed by atoms with Gasteiger partial charge in [0.2, 0.25) is 6.29 Å². The van der Waals surface area contributed by atoms with E-state index in [-0.39, 0.29) is 32.4 Å². The Kier molecular flexibility index (Phi) is 3.94. The molecule has 0 aromatic heterocycles. The Hall–Kier alpha value is -0.540. The van der Waals surface area contributed by atoms with Crippen molar-refractivity contribution in [2.45, 2.75) is 71.4 Å². The largest absolute Gasteiger partial charge is 0.455 e. The van der Waals surface area contributed by atoms with Gasteiger partial charge in [-0.3, -0.25) is 4.79 Å². The lowest BCUT2D eigenvalue weighted by molar-refractivity contribution is -0.208. The molecule has 2 saturated heterocycles. The minimum atomic E-state index is -3.47. The molecular weight excluding hydrogens is 398 g/mol. The zero-order valence-electron chi connectivity index (χ0n) is 15.1. The number of alkyl halides is 2. The van der Waals surface area contributed by atoms with E-state index in [1.165, 1.54) is 0 Å². The van der Waals surface area contributed by atoms with E-state index in [1.54, 1.807) is 30.6 Å². The van der Waals surface area contributed by atoms with Crippen LogP contribution >= 0.6 is 23.5 Å². The van der Waals surface area contributed by atoms with Gasteiger partial charge in [0.05, 0.1) is 9.33 Å². The van der Waals surface area contributed by atoms with Crippen molar-refractivity contribution >= 4 is 35.5 Å². The third-order valence-corrected chi connectivity index (χ3v) is 11.2. The summed E-state index contributed by atoms with van der Waals surface area (Å²) in [7, 11) is 1.55. The first-order chi connectivity index (χ1) is 12.7. The first-order valence-electron chi connectivity index (χ1n) is 9.36. The molecule has 5 atom stereocenters. The van der Waals surface area contributed by atoms with Crippen molar-refractivity contribution in [1.82, 2.24) is 0 Å². The second kappa shape index (κ2) is 5.75. The van der Waals surface area contributed by atoms with Crippen molar-refractivity contribution in [2.24, 2.45) is 17.8 Å². The fourth-order valence-corrected chi connectivity index (χ4v) is 10.5. The molecular formula is C18H22F2O5S2. The molecule has 27 heavy (non-hydrogen) atoms. The molecule has 0 aromatic rings. The molecule has 6 rings (SSSR count). The number of halogens is 2. The standard InChI is InChI=1S/C18H22F2O5S2/c1-16(19,20)15(22)25-17-5-8-3-9(6-17)18(10(4-8)7-17)26-11-12(27-18)14(23-2)24-13(11)21/h8-12,14H,3-7H2,1-2H3. The lowest BCUT2D eigenvalue weighted by Gasteiger charge is -2.63. The number of rotatable bonds is 3. The first kappa shape index (κ1) is 18.5. The van der Waals surface area contributed by atoms with Crippen molar-refractivity contribution < 1.29 is 32.6 Å². The topological polar surface area (TPSA) is 61.8 Å². The molecule has 6 aliphatic rings. The second-order valence-electron chi connectivity index (χ2n) is 8.69. The van der Waals surface area contributed by atoms with E-state index < -0.39 is 23.8 Å². The molecule has 0 radical (unpaired) electrons. The number of cyclic esters (lactones) is 1. The van der Waals surface area contributed by atoms with E-state index >= 15 is 0 Å². The van der Waals surface area contributed by atoms with Crippen LogP contribution in [0.25, 0.3) is 0 Å². The highest BCUT2D eigenvalue weighted by atomic mass is 32.2. The van der Waals surface area contributed by atoms with Gasteiger partial charge in [-0.15, -0.1) is 23.5 Å². The van der Waals surface area contributed by atoms with Crippen LogP contribution in [0.5, 0.6) is 0 Å². The Balaban J connectivity index is 1.41. The highest BCUT2D eigenvalue weighted by molar-refractivity contribution is 8.22. The summed E-state index contributed by atoms with van der Waals surface area (Å²) in [5, 5.41) is -0.278. The van der Waals surface area contributed by atoms with Crippen LogP contribution < -0.4 is 0 Å². The summed E-state index contributed by atoms with van der Waals surface area (Å²) >= 11 is 3.47. The van der Waals surface area contributed by atoms with E-state index in [2.05, 4.69) is 0 Å². The van der Waals surface area contributed by atoms with Gasteiger partial charge in [0.1, 0.15) is 10.9 Å². The fraction of sp³-hybridized carbons (Fsp3) is 0.889. The summed E-state index contributed by atoms with van der Waals surface area (Å²) in [5.74, 6) is -4.21. The monoisotopic (exact) mass is 420 g/mol. The van der Waals surface area contributed by atoms with Crippen LogP contribution in [-0.4, -0.2) is 51.4 Å². The van der Waals surface area contributed by atoms with Crippen LogP contribution in [0.3, 0.4) is 0 Å². The summed E-state index contributed by atoms with van der Waals surface area (Å²) in [6, 6.07) is 0. The molecule has 9 heteroatoms. The van der Waals surface area contributed by atoms with Crippen LogP contribution in [-0.2, 0) is 23.8 Å². The number of hydrogen-bond acceptors (Lipinski definition) is 7. The SMILES string of the molecule is COC1OC(=O)C2SC3(SC12)C1CC2CC3CC(OC(=O)C(C)(F)F)(C2)C1. The van der Waals surface area contributed by atoms with Gasteiger partial charge in [-0.2, -0.15) is 8.78 Å². The summed E-state index contributed by atoms with van der Waals surface area (Å²) in [5.41, 5.74) is -0.766. The van der Waals surface area contributed by atoms with E-state index in [0.717, 1.165) is 12.8 Å². The van der Waals surface area contributed by atoms with Crippen molar-refractivity contribution in [1.29, 1.82) is 0 Å². The fourth-order valence-electron chi connectivity index (χ4n) is 6.03. The summed E-state index contributed by atoms with van der Waals surface area (Å²) in [4.78, 5) is 24.2. The summed E-state index contributed by atoms with van der Waals surface area (Å²) in [6.07, 6.45) is 3.38. The van der Waals surface area contributed by atoms with Crippen LogP contribution in [0, 0.1) is 17.8 Å². The summed E-state index contributed by atoms with van der Waals surface area (Å²) in [6.45, 7) is 0.595. The molecule has 5 nitrogen and oxygen atoms in total. The van der Waals surface area contributed by atoms with Crippen molar-refractivity contribution in [2.75, 3.05) is 7.11 Å². The van der Waals surface area contributed by atoms with Gasteiger partial charge in [-0.1, -0.05) is 0 Å². The van der Waals surface area contributed by atoms with Gasteiger partial charge in [-0.05, 0) is 49.9 Å². The quantitative estimate of drug-likeness (QED) is 0.650. The average molecular weight is 420 g/mol. The first-order valence-corrected chi connectivity index (χ1v) is 11.1. The summed E-state index contributed by atoms with van der Waals surface area (Å²) < 4.78 is 42.9. The minimum absolute atomic E-state index is 0.0384. The zero-order chi connectivity index (χ0) is 19.2. The molecule has 4 saturated carbocycles. The minimum Gasteiger partial charge on any atom is -0.455 e. The van der Waals surface area contributed by atoms with Crippen molar-refractivity contribution in [3.8, 4) is 0 Å². The van der Waals surface area contributed by atoms with Crippen LogP contribution in [0.4, 0.5) is 8.78 Å². The molecule has 1 spiro atoms. The Labute approximate surface area is 164 Å². The molecule has 150 valence electrons. The highest BCUT2D eigenvalue weighted by Crippen LogP contribution is 2.73. The molecule has 5 unspecified atom stereocenters. The Morgan fingerprint density at radius 1 is 1.22 bits per heavy atom. The van der Waals surface area contributed by atoms with Gasteiger partial charge >= 0.3 is 17.9 Å². The number of ether oxygens (including phenoxy) is 3. The van der Waals surface area contributed by atoms with Gasteiger partial charge in [0.15, 0.2) is 0 Å². The zero-order valence-corrected chi connectivity index (χ0v) is 16.7.